The Hall–Kier alpha value is -2.76. The highest BCUT2D eigenvalue weighted by atomic mass is 16.3. The van der Waals surface area contributed by atoms with Gasteiger partial charge in [0.05, 0.1) is 12.8 Å². The van der Waals surface area contributed by atoms with Crippen LogP contribution >= 0.6 is 0 Å². The molecular formula is C18H23N3O3. The molecule has 1 heterocycles. The van der Waals surface area contributed by atoms with Crippen molar-refractivity contribution < 1.29 is 14.0 Å². The number of amides is 3. The van der Waals surface area contributed by atoms with E-state index in [1.54, 1.807) is 18.4 Å². The van der Waals surface area contributed by atoms with E-state index in [0.29, 0.717) is 24.4 Å². The van der Waals surface area contributed by atoms with E-state index in [-0.39, 0.29) is 5.91 Å². The molecular weight excluding hydrogens is 306 g/mol. The maximum absolute atomic E-state index is 12.3. The molecule has 1 unspecified atom stereocenters. The Labute approximate surface area is 141 Å². The lowest BCUT2D eigenvalue weighted by molar-refractivity contribution is -0.123. The molecule has 1 aromatic carbocycles. The zero-order chi connectivity index (χ0) is 17.4. The minimum absolute atomic E-state index is 0.229. The van der Waals surface area contributed by atoms with Crippen molar-refractivity contribution in [2.75, 3.05) is 5.32 Å². The van der Waals surface area contributed by atoms with Crippen LogP contribution in [0.3, 0.4) is 0 Å². The fourth-order valence-electron chi connectivity index (χ4n) is 2.23. The number of benzene rings is 1. The number of furan rings is 1. The molecule has 6 nitrogen and oxygen atoms in total. The van der Waals surface area contributed by atoms with Crippen molar-refractivity contribution in [2.45, 2.75) is 39.3 Å². The fraction of sp³-hybridized carbons (Fsp3) is 0.333. The summed E-state index contributed by atoms with van der Waals surface area (Å²) >= 11 is 0. The van der Waals surface area contributed by atoms with Gasteiger partial charge < -0.3 is 20.4 Å². The number of carbonyl (C=O) groups excluding carboxylic acids is 2. The first-order valence-corrected chi connectivity index (χ1v) is 8.02. The fourth-order valence-corrected chi connectivity index (χ4v) is 2.23. The van der Waals surface area contributed by atoms with Gasteiger partial charge in [0, 0.05) is 5.69 Å². The molecule has 128 valence electrons. The SMILES string of the molecule is CCCC(NC(=O)Nc1ccc(C)cc1)C(=O)NCc1ccco1. The molecule has 0 fully saturated rings. The summed E-state index contributed by atoms with van der Waals surface area (Å²) in [7, 11) is 0. The lowest BCUT2D eigenvalue weighted by Gasteiger charge is -2.18. The highest BCUT2D eigenvalue weighted by molar-refractivity contribution is 5.93. The van der Waals surface area contributed by atoms with Crippen molar-refractivity contribution in [1.82, 2.24) is 10.6 Å². The Kier molecular flexibility index (Phi) is 6.42. The molecule has 0 aliphatic carbocycles. The zero-order valence-corrected chi connectivity index (χ0v) is 14.0. The van der Waals surface area contributed by atoms with E-state index in [1.165, 1.54) is 0 Å². The van der Waals surface area contributed by atoms with Crippen LogP contribution in [0.25, 0.3) is 0 Å². The molecule has 0 aliphatic heterocycles. The van der Waals surface area contributed by atoms with Crippen LogP contribution in [0, 0.1) is 6.92 Å². The largest absolute Gasteiger partial charge is 0.467 e. The zero-order valence-electron chi connectivity index (χ0n) is 14.0. The van der Waals surface area contributed by atoms with Gasteiger partial charge in [-0.05, 0) is 37.6 Å². The molecule has 6 heteroatoms. The summed E-state index contributed by atoms with van der Waals surface area (Å²) in [6.07, 6.45) is 2.90. The normalized spacial score (nSPS) is 11.6. The highest BCUT2D eigenvalue weighted by Gasteiger charge is 2.19. The third-order valence-corrected chi connectivity index (χ3v) is 3.53. The number of rotatable bonds is 7. The molecule has 0 bridgehead atoms. The van der Waals surface area contributed by atoms with Crippen LogP contribution in [0.1, 0.15) is 31.1 Å². The number of anilines is 1. The van der Waals surface area contributed by atoms with Crippen molar-refractivity contribution in [2.24, 2.45) is 0 Å². The predicted octanol–water partition coefficient (Wildman–Crippen LogP) is 3.19. The van der Waals surface area contributed by atoms with Gasteiger partial charge >= 0.3 is 6.03 Å². The first kappa shape index (κ1) is 17.6. The van der Waals surface area contributed by atoms with E-state index in [9.17, 15) is 9.59 Å². The van der Waals surface area contributed by atoms with Gasteiger partial charge in [0.1, 0.15) is 11.8 Å². The Morgan fingerprint density at radius 3 is 2.54 bits per heavy atom. The molecule has 3 amide bonds. The van der Waals surface area contributed by atoms with Gasteiger partial charge in [0.25, 0.3) is 0 Å². The second-order valence-corrected chi connectivity index (χ2v) is 5.60. The second-order valence-electron chi connectivity index (χ2n) is 5.60. The minimum Gasteiger partial charge on any atom is -0.467 e. The van der Waals surface area contributed by atoms with Crippen LogP contribution in [0.4, 0.5) is 10.5 Å². The van der Waals surface area contributed by atoms with Crippen molar-refractivity contribution >= 4 is 17.6 Å². The van der Waals surface area contributed by atoms with E-state index in [0.717, 1.165) is 12.0 Å². The summed E-state index contributed by atoms with van der Waals surface area (Å²) in [5, 5.41) is 8.22. The van der Waals surface area contributed by atoms with Crippen molar-refractivity contribution in [1.29, 1.82) is 0 Å². The molecule has 1 aromatic heterocycles. The molecule has 0 aliphatic rings. The van der Waals surface area contributed by atoms with Crippen molar-refractivity contribution in [3.05, 3.63) is 54.0 Å². The van der Waals surface area contributed by atoms with Gasteiger partial charge in [-0.15, -0.1) is 0 Å². The average Bonchev–Trinajstić information content (AvgIpc) is 3.08. The summed E-state index contributed by atoms with van der Waals surface area (Å²) in [6, 6.07) is 10.0. The third kappa shape index (κ3) is 5.46. The first-order chi connectivity index (χ1) is 11.6. The monoisotopic (exact) mass is 329 g/mol. The van der Waals surface area contributed by atoms with Crippen LogP contribution in [-0.4, -0.2) is 18.0 Å². The van der Waals surface area contributed by atoms with E-state index in [4.69, 9.17) is 4.42 Å². The van der Waals surface area contributed by atoms with E-state index in [2.05, 4.69) is 16.0 Å². The number of hydrogen-bond acceptors (Lipinski definition) is 3. The molecule has 0 radical (unpaired) electrons. The second kappa shape index (κ2) is 8.76. The summed E-state index contributed by atoms with van der Waals surface area (Å²) in [4.78, 5) is 24.4. The first-order valence-electron chi connectivity index (χ1n) is 8.02. The standard InChI is InChI=1S/C18H23N3O3/c1-3-5-16(17(22)19-12-15-6-4-11-24-15)21-18(23)20-14-9-7-13(2)8-10-14/h4,6-11,16H,3,5,12H2,1-2H3,(H,19,22)(H2,20,21,23). The predicted molar refractivity (Wildman–Crippen MR) is 92.6 cm³/mol. The van der Waals surface area contributed by atoms with E-state index in [1.807, 2.05) is 38.1 Å². The Balaban J connectivity index is 1.87. The molecule has 2 rings (SSSR count). The van der Waals surface area contributed by atoms with E-state index < -0.39 is 12.1 Å². The molecule has 1 atom stereocenters. The third-order valence-electron chi connectivity index (χ3n) is 3.53. The van der Waals surface area contributed by atoms with Gasteiger partial charge in [0.2, 0.25) is 5.91 Å². The summed E-state index contributed by atoms with van der Waals surface area (Å²) < 4.78 is 5.18. The van der Waals surface area contributed by atoms with Gasteiger partial charge in [-0.25, -0.2) is 4.79 Å². The van der Waals surface area contributed by atoms with Gasteiger partial charge in [-0.3, -0.25) is 4.79 Å². The van der Waals surface area contributed by atoms with Crippen LogP contribution in [0.15, 0.2) is 47.1 Å². The number of carbonyl (C=O) groups is 2. The smallest absolute Gasteiger partial charge is 0.319 e. The molecule has 24 heavy (non-hydrogen) atoms. The van der Waals surface area contributed by atoms with Gasteiger partial charge in [0.15, 0.2) is 0 Å². The van der Waals surface area contributed by atoms with Crippen molar-refractivity contribution in [3.8, 4) is 0 Å². The Bertz CT molecular complexity index is 651. The topological polar surface area (TPSA) is 83.4 Å². The summed E-state index contributed by atoms with van der Waals surface area (Å²) in [6.45, 7) is 4.24. The Morgan fingerprint density at radius 1 is 1.17 bits per heavy atom. The average molecular weight is 329 g/mol. The number of hydrogen-bond donors (Lipinski definition) is 3. The lowest BCUT2D eigenvalue weighted by atomic mass is 10.1. The summed E-state index contributed by atoms with van der Waals surface area (Å²) in [5.41, 5.74) is 1.80. The molecule has 0 spiro atoms. The van der Waals surface area contributed by atoms with E-state index >= 15 is 0 Å². The number of nitrogens with one attached hydrogen (secondary N) is 3. The van der Waals surface area contributed by atoms with Gasteiger partial charge in [-0.2, -0.15) is 0 Å². The quantitative estimate of drug-likeness (QED) is 0.729. The van der Waals surface area contributed by atoms with Gasteiger partial charge in [-0.1, -0.05) is 31.0 Å². The molecule has 0 saturated carbocycles. The maximum atomic E-state index is 12.3. The molecule has 0 saturated heterocycles. The van der Waals surface area contributed by atoms with Crippen LogP contribution in [0.2, 0.25) is 0 Å². The maximum Gasteiger partial charge on any atom is 0.319 e. The van der Waals surface area contributed by atoms with Crippen LogP contribution in [0.5, 0.6) is 0 Å². The molecule has 2 aromatic rings. The minimum atomic E-state index is -0.588. The highest BCUT2D eigenvalue weighted by Crippen LogP contribution is 2.08. The summed E-state index contributed by atoms with van der Waals surface area (Å²) in [5.74, 6) is 0.440. The lowest BCUT2D eigenvalue weighted by Crippen LogP contribution is -2.47. The Morgan fingerprint density at radius 2 is 1.92 bits per heavy atom. The van der Waals surface area contributed by atoms with Crippen LogP contribution < -0.4 is 16.0 Å². The number of urea groups is 1. The van der Waals surface area contributed by atoms with Crippen LogP contribution in [-0.2, 0) is 11.3 Å². The van der Waals surface area contributed by atoms with Crippen molar-refractivity contribution in [3.63, 3.8) is 0 Å². The molecule has 3 N–H and O–H groups in total. The number of aryl methyl sites for hydroxylation is 1.